The maximum absolute atomic E-state index is 12.3. The number of Topliss-reactive ketones (excluding diaryl/α,β-unsaturated/α-hetero) is 1. The number of aromatic nitrogens is 2. The van der Waals surface area contributed by atoms with E-state index in [9.17, 15) is 22.8 Å². The van der Waals surface area contributed by atoms with Crippen LogP contribution in [0.25, 0.3) is 11.0 Å². The predicted octanol–water partition coefficient (Wildman–Crippen LogP) is 4.40. The molecule has 2 heterocycles. The van der Waals surface area contributed by atoms with E-state index in [1.165, 1.54) is 0 Å². The molecule has 1 atom stereocenters. The minimum atomic E-state index is -4.57. The van der Waals surface area contributed by atoms with Crippen molar-refractivity contribution in [1.82, 2.24) is 9.55 Å². The highest BCUT2D eigenvalue weighted by atomic mass is 19.4. The molecule has 2 aromatic heterocycles. The van der Waals surface area contributed by atoms with Crippen LogP contribution in [0.15, 0.2) is 36.2 Å². The summed E-state index contributed by atoms with van der Waals surface area (Å²) in [6.45, 7) is 1.49. The molecule has 0 aromatic carbocycles. The number of fused-ring (bicyclic) bond motifs is 1. The fourth-order valence-corrected chi connectivity index (χ4v) is 3.38. The zero-order chi connectivity index (χ0) is 24.0. The van der Waals surface area contributed by atoms with Gasteiger partial charge in [0.05, 0.1) is 24.2 Å². The molecule has 0 amide bonds. The number of carboxylic acid groups (broad SMARTS) is 1. The van der Waals surface area contributed by atoms with Gasteiger partial charge in [0.25, 0.3) is 0 Å². The molecule has 1 aliphatic carbocycles. The van der Waals surface area contributed by atoms with Crippen LogP contribution in [0, 0.1) is 5.92 Å². The lowest BCUT2D eigenvalue weighted by Crippen LogP contribution is -2.29. The number of halogens is 3. The smallest absolute Gasteiger partial charge is 0.411 e. The second kappa shape index (κ2) is 10.9. The summed E-state index contributed by atoms with van der Waals surface area (Å²) in [6, 6.07) is 3.75. The fraction of sp³-hybridized carbons (Fsp3) is 0.522. The molecule has 33 heavy (non-hydrogen) atoms. The first-order chi connectivity index (χ1) is 15.6. The summed E-state index contributed by atoms with van der Waals surface area (Å²) in [5.41, 5.74) is 3.14. The van der Waals surface area contributed by atoms with Gasteiger partial charge in [-0.1, -0.05) is 11.6 Å². The van der Waals surface area contributed by atoms with Crippen LogP contribution < -0.4 is 0 Å². The third-order valence-electron chi connectivity index (χ3n) is 5.30. The summed E-state index contributed by atoms with van der Waals surface area (Å²) in [7, 11) is 0. The van der Waals surface area contributed by atoms with E-state index in [-0.39, 0.29) is 24.5 Å². The number of aliphatic carboxylic acids is 1. The van der Waals surface area contributed by atoms with Crippen LogP contribution in [-0.4, -0.2) is 58.5 Å². The first-order valence-corrected chi connectivity index (χ1v) is 10.8. The summed E-state index contributed by atoms with van der Waals surface area (Å²) < 4.78 is 48.7. The molecule has 3 rings (SSSR count). The van der Waals surface area contributed by atoms with Crippen LogP contribution >= 0.6 is 0 Å². The number of rotatable bonds is 13. The Hall–Kier alpha value is -2.72. The summed E-state index contributed by atoms with van der Waals surface area (Å²) >= 11 is 0. The van der Waals surface area contributed by atoms with Gasteiger partial charge in [0, 0.05) is 30.4 Å². The molecule has 1 unspecified atom stereocenters. The van der Waals surface area contributed by atoms with Gasteiger partial charge >= 0.3 is 12.1 Å². The molecule has 1 fully saturated rings. The molecule has 0 aliphatic heterocycles. The third-order valence-corrected chi connectivity index (χ3v) is 5.30. The van der Waals surface area contributed by atoms with Crippen LogP contribution in [0.5, 0.6) is 0 Å². The lowest BCUT2D eigenvalue weighted by Gasteiger charge is -2.14. The van der Waals surface area contributed by atoms with Crippen molar-refractivity contribution in [3.8, 4) is 0 Å². The van der Waals surface area contributed by atoms with Crippen LogP contribution in [0.3, 0.4) is 0 Å². The number of ketones is 1. The first kappa shape index (κ1) is 24.9. The molecular weight excluding hydrogens is 441 g/mol. The van der Waals surface area contributed by atoms with E-state index in [1.54, 1.807) is 19.2 Å². The molecule has 0 saturated heterocycles. The minimum Gasteiger partial charge on any atom is -0.479 e. The Morgan fingerprint density at radius 1 is 1.36 bits per heavy atom. The van der Waals surface area contributed by atoms with E-state index in [2.05, 4.69) is 9.72 Å². The number of pyridine rings is 1. The van der Waals surface area contributed by atoms with Crippen LogP contribution in [0.1, 0.15) is 43.0 Å². The monoisotopic (exact) mass is 468 g/mol. The largest absolute Gasteiger partial charge is 0.479 e. The number of allylic oxidation sites excluding steroid dienone is 1. The van der Waals surface area contributed by atoms with Crippen molar-refractivity contribution in [3.63, 3.8) is 0 Å². The topological polar surface area (TPSA) is 90.7 Å². The standard InChI is InChI=1S/C23H27F3N2O5/c1-15(3-2-4-20(22(30)31)33-14-23(24,25)26)13-32-10-9-28-8-7-18-19(28)11-17(12-27-18)21(29)16-5-6-16/h3,7-8,11-12,16,20H,2,4-6,9-10,13-14H2,1H3,(H,30,31). The number of hydrogen-bond acceptors (Lipinski definition) is 5. The summed E-state index contributed by atoms with van der Waals surface area (Å²) in [4.78, 5) is 27.7. The molecule has 1 aliphatic rings. The van der Waals surface area contributed by atoms with Gasteiger partial charge < -0.3 is 19.1 Å². The Kier molecular flexibility index (Phi) is 8.25. The lowest BCUT2D eigenvalue weighted by atomic mass is 10.1. The van der Waals surface area contributed by atoms with Gasteiger partial charge in [-0.15, -0.1) is 0 Å². The number of nitrogens with zero attached hydrogens (tertiary/aromatic N) is 2. The second-order valence-electron chi connectivity index (χ2n) is 8.21. The zero-order valence-electron chi connectivity index (χ0n) is 18.3. The molecule has 2 aromatic rings. The van der Waals surface area contributed by atoms with E-state index in [0.717, 1.165) is 29.4 Å². The molecular formula is C23H27F3N2O5. The SMILES string of the molecule is CC(=CCCC(OCC(F)(F)F)C(=O)O)COCCn1ccc2ncc(C(=O)C3CC3)cc21. The lowest BCUT2D eigenvalue weighted by molar-refractivity contribution is -0.192. The highest BCUT2D eigenvalue weighted by Crippen LogP contribution is 2.33. The van der Waals surface area contributed by atoms with Crippen molar-refractivity contribution >= 4 is 22.8 Å². The Morgan fingerprint density at radius 3 is 2.79 bits per heavy atom. The van der Waals surface area contributed by atoms with E-state index in [1.807, 2.05) is 22.9 Å². The summed E-state index contributed by atoms with van der Waals surface area (Å²) in [5, 5.41) is 8.99. The maximum atomic E-state index is 12.3. The van der Waals surface area contributed by atoms with Gasteiger partial charge in [0.2, 0.25) is 0 Å². The van der Waals surface area contributed by atoms with Crippen LogP contribution in [0.4, 0.5) is 13.2 Å². The average Bonchev–Trinajstić information content (AvgIpc) is 3.52. The number of carbonyl (C=O) groups excluding carboxylic acids is 1. The molecule has 0 bridgehead atoms. The zero-order valence-corrected chi connectivity index (χ0v) is 18.3. The van der Waals surface area contributed by atoms with Gasteiger partial charge in [-0.3, -0.25) is 9.78 Å². The first-order valence-electron chi connectivity index (χ1n) is 10.8. The van der Waals surface area contributed by atoms with Gasteiger partial charge in [0.1, 0.15) is 6.61 Å². The van der Waals surface area contributed by atoms with Crippen molar-refractivity contribution in [2.75, 3.05) is 19.8 Å². The van der Waals surface area contributed by atoms with Crippen molar-refractivity contribution in [2.24, 2.45) is 5.92 Å². The Morgan fingerprint density at radius 2 is 2.12 bits per heavy atom. The third kappa shape index (κ3) is 7.68. The van der Waals surface area contributed by atoms with E-state index >= 15 is 0 Å². The molecule has 10 heteroatoms. The minimum absolute atomic E-state index is 0.0625. The van der Waals surface area contributed by atoms with E-state index in [0.29, 0.717) is 25.3 Å². The molecule has 180 valence electrons. The van der Waals surface area contributed by atoms with Crippen molar-refractivity contribution in [1.29, 1.82) is 0 Å². The maximum Gasteiger partial charge on any atom is 0.411 e. The van der Waals surface area contributed by atoms with Gasteiger partial charge in [-0.05, 0) is 44.7 Å². The quantitative estimate of drug-likeness (QED) is 0.266. The molecule has 0 spiro atoms. The molecule has 7 nitrogen and oxygen atoms in total. The number of carbonyl (C=O) groups is 2. The summed E-state index contributed by atoms with van der Waals surface area (Å²) in [5.74, 6) is -1.15. The number of ether oxygens (including phenoxy) is 2. The predicted molar refractivity (Wildman–Crippen MR) is 114 cm³/mol. The number of alkyl halides is 3. The molecule has 1 N–H and O–H groups in total. The van der Waals surface area contributed by atoms with E-state index < -0.39 is 24.9 Å². The van der Waals surface area contributed by atoms with Gasteiger partial charge in [-0.2, -0.15) is 13.2 Å². The highest BCUT2D eigenvalue weighted by molar-refractivity contribution is 6.01. The van der Waals surface area contributed by atoms with E-state index in [4.69, 9.17) is 9.84 Å². The average molecular weight is 468 g/mol. The molecule has 0 radical (unpaired) electrons. The fourth-order valence-electron chi connectivity index (χ4n) is 3.38. The second-order valence-corrected chi connectivity index (χ2v) is 8.21. The van der Waals surface area contributed by atoms with Crippen molar-refractivity contribution < 1.29 is 37.3 Å². The Bertz CT molecular complexity index is 1010. The van der Waals surface area contributed by atoms with Crippen LogP contribution in [0.2, 0.25) is 0 Å². The van der Waals surface area contributed by atoms with Gasteiger partial charge in [-0.25, -0.2) is 4.79 Å². The highest BCUT2D eigenvalue weighted by Gasteiger charge is 2.31. The number of hydrogen-bond donors (Lipinski definition) is 1. The summed E-state index contributed by atoms with van der Waals surface area (Å²) in [6.07, 6.45) is 1.25. The normalized spacial score (nSPS) is 15.7. The van der Waals surface area contributed by atoms with Crippen molar-refractivity contribution in [3.05, 3.63) is 41.7 Å². The molecule has 1 saturated carbocycles. The Labute approximate surface area is 189 Å². The number of carboxylic acids is 1. The van der Waals surface area contributed by atoms with Crippen LogP contribution in [-0.2, 0) is 20.8 Å². The van der Waals surface area contributed by atoms with Gasteiger partial charge in [0.15, 0.2) is 11.9 Å². The Balaban J connectivity index is 1.43. The van der Waals surface area contributed by atoms with Crippen molar-refractivity contribution in [2.45, 2.75) is 51.4 Å².